The number of methoxy groups -OCH3 is 1. The molecular weight excluding hydrogens is 194 g/mol. The van der Waals surface area contributed by atoms with Gasteiger partial charge in [0.15, 0.2) is 0 Å². The third-order valence-electron chi connectivity index (χ3n) is 2.00. The molecule has 0 aromatic carbocycles. The molecule has 5 heteroatoms. The topological polar surface area (TPSA) is 55.4 Å². The Hall–Kier alpha value is -0.610. The maximum absolute atomic E-state index is 11.3. The van der Waals surface area contributed by atoms with Crippen LogP contribution in [0, 0.1) is 5.92 Å². The van der Waals surface area contributed by atoms with Crippen molar-refractivity contribution in [2.45, 2.75) is 12.8 Å². The second kappa shape index (κ2) is 5.94. The molecule has 0 saturated carbocycles. The monoisotopic (exact) mass is 207 g/mol. The van der Waals surface area contributed by atoms with Crippen molar-refractivity contribution < 1.29 is 14.3 Å². The van der Waals surface area contributed by atoms with Crippen LogP contribution in [-0.2, 0) is 14.3 Å². The molecule has 4 nitrogen and oxygen atoms in total. The molecule has 1 aliphatic rings. The third-order valence-corrected chi connectivity index (χ3v) is 2.00. The lowest BCUT2D eigenvalue weighted by Gasteiger charge is -2.09. The SMILES string of the molecule is COC(=O)C1CNCCCC1=O.Cl. The Kier molecular flexibility index (Phi) is 5.66. The molecule has 0 aromatic heterocycles. The minimum atomic E-state index is -0.586. The fraction of sp³-hybridized carbons (Fsp3) is 0.750. The lowest BCUT2D eigenvalue weighted by Crippen LogP contribution is -2.32. The van der Waals surface area contributed by atoms with Gasteiger partial charge in [0, 0.05) is 13.0 Å². The Morgan fingerprint density at radius 1 is 1.62 bits per heavy atom. The summed E-state index contributed by atoms with van der Waals surface area (Å²) in [6.45, 7) is 1.23. The van der Waals surface area contributed by atoms with E-state index in [1.165, 1.54) is 7.11 Å². The Morgan fingerprint density at radius 3 is 2.92 bits per heavy atom. The first-order valence-electron chi connectivity index (χ1n) is 4.07. The zero-order valence-corrected chi connectivity index (χ0v) is 8.36. The van der Waals surface area contributed by atoms with Crippen molar-refractivity contribution in [3.05, 3.63) is 0 Å². The van der Waals surface area contributed by atoms with Gasteiger partial charge in [0.1, 0.15) is 11.7 Å². The number of hydrogen-bond donors (Lipinski definition) is 1. The molecule has 0 aliphatic carbocycles. The van der Waals surface area contributed by atoms with E-state index in [-0.39, 0.29) is 18.2 Å². The minimum absolute atomic E-state index is 0. The molecule has 1 N–H and O–H groups in total. The number of carbonyl (C=O) groups excluding carboxylic acids is 2. The van der Waals surface area contributed by atoms with Crippen LogP contribution in [0.1, 0.15) is 12.8 Å². The zero-order chi connectivity index (χ0) is 8.97. The van der Waals surface area contributed by atoms with Crippen LogP contribution in [0.25, 0.3) is 0 Å². The van der Waals surface area contributed by atoms with Gasteiger partial charge in [0.2, 0.25) is 0 Å². The smallest absolute Gasteiger partial charge is 0.317 e. The molecule has 0 spiro atoms. The van der Waals surface area contributed by atoms with E-state index in [0.29, 0.717) is 13.0 Å². The highest BCUT2D eigenvalue weighted by Gasteiger charge is 2.27. The minimum Gasteiger partial charge on any atom is -0.468 e. The van der Waals surface area contributed by atoms with E-state index < -0.39 is 11.9 Å². The maximum Gasteiger partial charge on any atom is 0.317 e. The summed E-state index contributed by atoms with van der Waals surface area (Å²) in [4.78, 5) is 22.3. The molecule has 0 amide bonds. The highest BCUT2D eigenvalue weighted by molar-refractivity contribution is 5.99. The summed E-state index contributed by atoms with van der Waals surface area (Å²) in [6.07, 6.45) is 1.29. The summed E-state index contributed by atoms with van der Waals surface area (Å²) in [5, 5.41) is 3.02. The fourth-order valence-corrected chi connectivity index (χ4v) is 1.28. The predicted molar refractivity (Wildman–Crippen MR) is 49.9 cm³/mol. The first-order valence-corrected chi connectivity index (χ1v) is 4.07. The van der Waals surface area contributed by atoms with Crippen molar-refractivity contribution in [3.8, 4) is 0 Å². The molecule has 0 radical (unpaired) electrons. The highest BCUT2D eigenvalue weighted by atomic mass is 35.5. The van der Waals surface area contributed by atoms with E-state index in [0.717, 1.165) is 13.0 Å². The zero-order valence-electron chi connectivity index (χ0n) is 7.54. The molecule has 1 rings (SSSR count). The van der Waals surface area contributed by atoms with Crippen molar-refractivity contribution >= 4 is 24.2 Å². The van der Waals surface area contributed by atoms with E-state index in [4.69, 9.17) is 0 Å². The Balaban J connectivity index is 0.00000144. The van der Waals surface area contributed by atoms with Crippen molar-refractivity contribution in [2.24, 2.45) is 5.92 Å². The van der Waals surface area contributed by atoms with Gasteiger partial charge in [-0.2, -0.15) is 0 Å². The summed E-state index contributed by atoms with van der Waals surface area (Å²) in [6, 6.07) is 0. The number of rotatable bonds is 1. The molecule has 76 valence electrons. The number of Topliss-reactive ketones (excluding diaryl/α,β-unsaturated/α-hetero) is 1. The molecule has 1 heterocycles. The predicted octanol–water partition coefficient (Wildman–Crippen LogP) is 0.150. The number of nitrogens with one attached hydrogen (secondary N) is 1. The van der Waals surface area contributed by atoms with Crippen molar-refractivity contribution in [2.75, 3.05) is 20.2 Å². The number of hydrogen-bond acceptors (Lipinski definition) is 4. The summed E-state index contributed by atoms with van der Waals surface area (Å²) in [5.74, 6) is -1.02. The van der Waals surface area contributed by atoms with E-state index in [2.05, 4.69) is 10.1 Å². The van der Waals surface area contributed by atoms with Crippen LogP contribution in [0.3, 0.4) is 0 Å². The fourth-order valence-electron chi connectivity index (χ4n) is 1.28. The second-order valence-corrected chi connectivity index (χ2v) is 2.85. The normalized spacial score (nSPS) is 22.8. The van der Waals surface area contributed by atoms with Crippen LogP contribution < -0.4 is 5.32 Å². The average Bonchev–Trinajstić information content (AvgIpc) is 2.28. The van der Waals surface area contributed by atoms with Crippen LogP contribution in [0.4, 0.5) is 0 Å². The molecule has 1 atom stereocenters. The quantitative estimate of drug-likeness (QED) is 0.491. The number of carbonyl (C=O) groups is 2. The largest absolute Gasteiger partial charge is 0.468 e. The molecule has 1 fully saturated rings. The molecule has 0 aromatic rings. The van der Waals surface area contributed by atoms with Crippen LogP contribution in [0.5, 0.6) is 0 Å². The molecule has 0 bridgehead atoms. The van der Waals surface area contributed by atoms with Crippen LogP contribution >= 0.6 is 12.4 Å². The van der Waals surface area contributed by atoms with Gasteiger partial charge in [-0.3, -0.25) is 9.59 Å². The van der Waals surface area contributed by atoms with Crippen molar-refractivity contribution in [3.63, 3.8) is 0 Å². The number of ketones is 1. The highest BCUT2D eigenvalue weighted by Crippen LogP contribution is 2.08. The number of halogens is 1. The van der Waals surface area contributed by atoms with E-state index in [1.54, 1.807) is 0 Å². The Bertz CT molecular complexity index is 196. The first-order chi connectivity index (χ1) is 5.75. The maximum atomic E-state index is 11.3. The van der Waals surface area contributed by atoms with E-state index in [1.807, 2.05) is 0 Å². The van der Waals surface area contributed by atoms with Gasteiger partial charge in [-0.25, -0.2) is 0 Å². The van der Waals surface area contributed by atoms with Crippen LogP contribution in [0.15, 0.2) is 0 Å². The van der Waals surface area contributed by atoms with Crippen molar-refractivity contribution in [1.82, 2.24) is 5.32 Å². The second-order valence-electron chi connectivity index (χ2n) is 2.85. The Labute approximate surface area is 83.4 Å². The molecule has 13 heavy (non-hydrogen) atoms. The van der Waals surface area contributed by atoms with Gasteiger partial charge in [0.25, 0.3) is 0 Å². The molecule has 1 unspecified atom stereocenters. The Morgan fingerprint density at radius 2 is 2.31 bits per heavy atom. The summed E-state index contributed by atoms with van der Waals surface area (Å²) >= 11 is 0. The average molecular weight is 208 g/mol. The first kappa shape index (κ1) is 12.4. The summed E-state index contributed by atoms with van der Waals surface area (Å²) < 4.78 is 4.52. The number of esters is 1. The van der Waals surface area contributed by atoms with Gasteiger partial charge < -0.3 is 10.1 Å². The van der Waals surface area contributed by atoms with Gasteiger partial charge in [-0.15, -0.1) is 12.4 Å². The third kappa shape index (κ3) is 3.32. The van der Waals surface area contributed by atoms with Gasteiger partial charge >= 0.3 is 5.97 Å². The number of ether oxygens (including phenoxy) is 1. The summed E-state index contributed by atoms with van der Waals surface area (Å²) in [5.41, 5.74) is 0. The van der Waals surface area contributed by atoms with Gasteiger partial charge in [0.05, 0.1) is 7.11 Å². The van der Waals surface area contributed by atoms with Crippen molar-refractivity contribution in [1.29, 1.82) is 0 Å². The standard InChI is InChI=1S/C8H13NO3.ClH/c1-12-8(11)6-5-9-4-2-3-7(6)10;/h6,9H,2-5H2,1H3;1H. The van der Waals surface area contributed by atoms with Crippen LogP contribution in [-0.4, -0.2) is 32.0 Å². The molecule has 1 saturated heterocycles. The molecular formula is C8H14ClNO3. The lowest BCUT2D eigenvalue weighted by molar-refractivity contribution is -0.148. The van der Waals surface area contributed by atoms with Gasteiger partial charge in [-0.05, 0) is 13.0 Å². The van der Waals surface area contributed by atoms with Crippen LogP contribution in [0.2, 0.25) is 0 Å². The molecule has 1 aliphatic heterocycles. The van der Waals surface area contributed by atoms with E-state index >= 15 is 0 Å². The van der Waals surface area contributed by atoms with Gasteiger partial charge in [-0.1, -0.05) is 0 Å². The summed E-state index contributed by atoms with van der Waals surface area (Å²) in [7, 11) is 1.31. The van der Waals surface area contributed by atoms with E-state index in [9.17, 15) is 9.59 Å². The lowest BCUT2D eigenvalue weighted by atomic mass is 10.0.